The molecule has 16 rings (SSSR count). The van der Waals surface area contributed by atoms with Crippen molar-refractivity contribution >= 4 is 97.8 Å². The van der Waals surface area contributed by atoms with Crippen LogP contribution in [0.1, 0.15) is 110 Å². The number of rotatable bonds is 36. The first-order chi connectivity index (χ1) is 71.1. The van der Waals surface area contributed by atoms with E-state index >= 15 is 0 Å². The monoisotopic (exact) mass is 2160 g/mol. The Morgan fingerprint density at radius 3 is 0.770 bits per heavy atom. The molecule has 0 atom stereocenters. The van der Waals surface area contributed by atoms with Gasteiger partial charge in [0.05, 0.1) is 56.1 Å². The smallest absolute Gasteiger partial charge is 0.265 e. The Balaban J connectivity index is 0.000000165. The molecule has 8 N–H and O–H groups in total. The molecular weight excluding hydrogens is 2050 g/mol. The van der Waals surface area contributed by atoms with Crippen molar-refractivity contribution < 1.29 is 125 Å². The average molecular weight is 2170 g/mol. The lowest BCUT2D eigenvalue weighted by Gasteiger charge is -2.34. The Kier molecular flexibility index (Phi) is 39.6. The van der Waals surface area contributed by atoms with Gasteiger partial charge in [-0.15, -0.1) is 0 Å². The van der Waals surface area contributed by atoms with Gasteiger partial charge in [-0.05, 0) is 340 Å². The van der Waals surface area contributed by atoms with Crippen molar-refractivity contribution in [1.82, 2.24) is 21.9 Å². The van der Waals surface area contributed by atoms with Crippen molar-refractivity contribution in [3.05, 3.63) is 333 Å². The van der Waals surface area contributed by atoms with Crippen molar-refractivity contribution in [2.24, 2.45) is 0 Å². The molecule has 4 aliphatic heterocycles. The van der Waals surface area contributed by atoms with E-state index in [4.69, 9.17) is 88.3 Å². The zero-order valence-electron chi connectivity index (χ0n) is 81.1. The Bertz CT molecular complexity index is 6260. The molecule has 4 saturated heterocycles. The summed E-state index contributed by atoms with van der Waals surface area (Å²) >= 11 is 18.3. The summed E-state index contributed by atoms with van der Waals surface area (Å²) in [6.07, 6.45) is 5.71. The molecule has 0 aromatic heterocycles. The number of carbonyl (C=O) groups excluding carboxylic acids is 4. The van der Waals surface area contributed by atoms with Gasteiger partial charge in [0.2, 0.25) is 0 Å². The van der Waals surface area contributed by atoms with Crippen molar-refractivity contribution in [3.8, 4) is 67.5 Å². The van der Waals surface area contributed by atoms with Crippen LogP contribution in [0.25, 0.3) is 44.5 Å². The first kappa shape index (κ1) is 113. The second-order valence-corrected chi connectivity index (χ2v) is 46.1. The molecule has 38 heteroatoms. The molecule has 0 unspecified atom stereocenters. The van der Waals surface area contributed by atoms with Crippen LogP contribution >= 0.6 is 34.8 Å². The molecule has 784 valence electrons. The molecule has 12 aromatic carbocycles. The summed E-state index contributed by atoms with van der Waals surface area (Å²) in [5, 5.41) is 38.4. The van der Waals surface area contributed by atoms with Gasteiger partial charge in [0.15, 0.2) is 70.0 Å². The zero-order chi connectivity index (χ0) is 106. The molecule has 148 heavy (non-hydrogen) atoms. The predicted molar refractivity (Wildman–Crippen MR) is 553 cm³/mol. The van der Waals surface area contributed by atoms with Crippen LogP contribution in [0.3, 0.4) is 0 Å². The molecule has 4 fully saturated rings. The number of sulfone groups is 4. The molecule has 0 saturated carbocycles. The number of amides is 4. The number of aryl methyl sites for hydroxylation is 6. The second kappa shape index (κ2) is 51.9. The summed E-state index contributed by atoms with van der Waals surface area (Å²) in [6.45, 7) is 6.33. The van der Waals surface area contributed by atoms with Crippen molar-refractivity contribution in [2.75, 3.05) is 79.3 Å². The topological polar surface area (TPSA) is 408 Å². The Morgan fingerprint density at radius 2 is 0.520 bits per heavy atom. The van der Waals surface area contributed by atoms with Gasteiger partial charge in [-0.2, -0.15) is 0 Å². The zero-order valence-corrected chi connectivity index (χ0v) is 86.6. The largest absolute Gasteiger partial charge is 0.494 e. The number of nitrogens with one attached hydrogen (secondary N) is 4. The third-order valence-electron chi connectivity index (χ3n) is 26.6. The van der Waals surface area contributed by atoms with E-state index in [-0.39, 0.29) is 130 Å². The molecule has 12 aromatic rings. The quantitative estimate of drug-likeness (QED) is 0.0103. The van der Waals surface area contributed by atoms with Crippen LogP contribution in [-0.4, -0.2) is 176 Å². The normalized spacial score (nSPS) is 15.2. The minimum atomic E-state index is -4.10. The number of benzene rings is 12. The lowest BCUT2D eigenvalue weighted by atomic mass is 9.98. The highest BCUT2D eigenvalue weighted by Crippen LogP contribution is 2.43. The fraction of sp³-hybridized carbons (Fsp3) is 0.309. The van der Waals surface area contributed by atoms with E-state index in [1.807, 2.05) is 97.9 Å². The van der Waals surface area contributed by atoms with Gasteiger partial charge in [-0.3, -0.25) is 40.0 Å². The Morgan fingerprint density at radius 1 is 0.284 bits per heavy atom. The van der Waals surface area contributed by atoms with Gasteiger partial charge in [-0.1, -0.05) is 156 Å². The van der Waals surface area contributed by atoms with E-state index in [0.717, 1.165) is 111 Å². The van der Waals surface area contributed by atoms with E-state index in [9.17, 15) is 71.2 Å². The molecule has 0 bridgehead atoms. The van der Waals surface area contributed by atoms with Crippen LogP contribution in [0.15, 0.2) is 287 Å². The molecule has 4 heterocycles. The average Bonchev–Trinajstić information content (AvgIpc) is 0.757. The molecule has 0 aliphatic carbocycles. The number of hydrogen-bond donors (Lipinski definition) is 8. The van der Waals surface area contributed by atoms with Gasteiger partial charge in [0, 0.05) is 57.9 Å². The van der Waals surface area contributed by atoms with Crippen LogP contribution in [0.5, 0.6) is 23.0 Å². The van der Waals surface area contributed by atoms with Crippen molar-refractivity contribution in [2.45, 2.75) is 155 Å². The Hall–Kier alpha value is -12.1. The molecular formula is C110H114Cl3F3N4O24S4. The molecule has 4 aliphatic rings. The highest BCUT2D eigenvalue weighted by Gasteiger charge is 2.56. The maximum absolute atomic E-state index is 13.6. The first-order valence-corrected chi connectivity index (χ1v) is 54.9. The number of ether oxygens (including phenoxy) is 8. The molecule has 4 amide bonds. The van der Waals surface area contributed by atoms with Crippen LogP contribution in [0, 0.1) is 31.3 Å². The van der Waals surface area contributed by atoms with E-state index < -0.39 is 93.6 Å². The van der Waals surface area contributed by atoms with Crippen molar-refractivity contribution in [1.29, 1.82) is 0 Å². The fourth-order valence-electron chi connectivity index (χ4n) is 17.9. The summed E-state index contributed by atoms with van der Waals surface area (Å²) in [7, 11) is -16.3. The van der Waals surface area contributed by atoms with Gasteiger partial charge >= 0.3 is 0 Å². The van der Waals surface area contributed by atoms with Gasteiger partial charge in [0.25, 0.3) is 23.6 Å². The summed E-state index contributed by atoms with van der Waals surface area (Å²) in [6, 6.07) is 76.4. The van der Waals surface area contributed by atoms with Crippen LogP contribution in [-0.2, 0) is 103 Å². The van der Waals surface area contributed by atoms with Crippen molar-refractivity contribution in [3.63, 3.8) is 0 Å². The lowest BCUT2D eigenvalue weighted by molar-refractivity contribution is -0.135. The number of halogens is 6. The maximum atomic E-state index is 13.6. The van der Waals surface area contributed by atoms with E-state index in [0.29, 0.717) is 83.4 Å². The third-order valence-corrected chi connectivity index (χ3v) is 37.8. The molecule has 0 spiro atoms. The number of hydroxylamine groups is 4. The first-order valence-electron chi connectivity index (χ1n) is 47.9. The van der Waals surface area contributed by atoms with Gasteiger partial charge < -0.3 is 37.9 Å². The van der Waals surface area contributed by atoms with Gasteiger partial charge in [0.1, 0.15) is 28.8 Å². The maximum Gasteiger partial charge on any atom is 0.265 e. The minimum Gasteiger partial charge on any atom is -0.494 e. The highest BCUT2D eigenvalue weighted by atomic mass is 35.5. The Labute approximate surface area is 873 Å². The minimum absolute atomic E-state index is 0.000369. The van der Waals surface area contributed by atoms with Crippen LogP contribution in [0.2, 0.25) is 15.1 Å². The standard InChI is InChI=1S/C28H30ClNO6S.C28H30FNO6S.C27H27Cl2NO6S.C27H27F2NO6S/c2*1-20-18-23(7-12-26(20)29)22-6-2-4-21(19-22)5-3-15-36-24-8-10-25(11-9-24)37(33,34)28(27(31)30-32)13-16-35-17-14-28;2*28-24-11-6-21(18-25(24)29)20-5-1-3-19(17-20)4-2-14-36-22-7-9-23(10-8-22)37(33,34)27(26(31)30-32)12-15-35-16-13-27/h2*2,4,6-12,18-19,32H,3,5,13-17H2,1H3,(H,30,31);2*1,3,5-11,17-18,32H,2,4,12-16H2,(H,30,31). The second-order valence-electron chi connectivity index (χ2n) is 35.9. The highest BCUT2D eigenvalue weighted by molar-refractivity contribution is 7.94. The number of carbonyl (C=O) groups is 4. The van der Waals surface area contributed by atoms with E-state index in [2.05, 4.69) is 42.5 Å². The van der Waals surface area contributed by atoms with E-state index in [1.165, 1.54) is 106 Å². The summed E-state index contributed by atoms with van der Waals surface area (Å²) in [5.41, 5.74) is 19.8. The SMILES string of the molecule is Cc1cc(-c2cccc(CCCOc3ccc(S(=O)(=O)C4(C(=O)NO)CCOCC4)cc3)c2)ccc1Cl.Cc1cc(-c2cccc(CCCOc3ccc(S(=O)(=O)C4(C(=O)NO)CCOCC4)cc3)c2)ccc1F.O=C(NO)C1(S(=O)(=O)c2ccc(OCCCc3cccc(-c4ccc(Cl)c(Cl)c4)c3)cc2)CCOCC1.O=C(NO)C1(S(=O)(=O)c2ccc(OCCCc3cccc(-c4ccc(F)c(F)c4)c3)cc2)CCOCC1. The summed E-state index contributed by atoms with van der Waals surface area (Å²) in [4.78, 5) is 49.4. The van der Waals surface area contributed by atoms with Gasteiger partial charge in [-0.25, -0.2) is 68.8 Å². The summed E-state index contributed by atoms with van der Waals surface area (Å²) in [5.74, 6) is -3.75. The van der Waals surface area contributed by atoms with Crippen LogP contribution < -0.4 is 40.9 Å². The number of hydrogen-bond acceptors (Lipinski definition) is 24. The van der Waals surface area contributed by atoms with E-state index in [1.54, 1.807) is 55.5 Å². The fourth-order valence-corrected chi connectivity index (χ4v) is 26.1. The van der Waals surface area contributed by atoms with Crippen LogP contribution in [0.4, 0.5) is 13.2 Å². The summed E-state index contributed by atoms with van der Waals surface area (Å²) < 4.78 is 184. The predicted octanol–water partition coefficient (Wildman–Crippen LogP) is 19.8. The molecule has 0 radical (unpaired) electrons. The third kappa shape index (κ3) is 27.0. The molecule has 28 nitrogen and oxygen atoms in total. The lowest BCUT2D eigenvalue weighted by Crippen LogP contribution is -2.54.